The molecule has 0 unspecified atom stereocenters. The van der Waals surface area contributed by atoms with Gasteiger partial charge < -0.3 is 4.48 Å². The molecule has 0 aliphatic carbocycles. The lowest BCUT2D eigenvalue weighted by Crippen LogP contribution is -2.51. The van der Waals surface area contributed by atoms with E-state index in [1.54, 1.807) is 0 Å². The quantitative estimate of drug-likeness (QED) is 0.549. The molecule has 1 fully saturated rings. The van der Waals surface area contributed by atoms with Crippen molar-refractivity contribution < 1.29 is 4.48 Å². The van der Waals surface area contributed by atoms with E-state index in [1.165, 1.54) is 32.4 Å². The zero-order chi connectivity index (χ0) is 12.7. The number of rotatable bonds is 2. The molecule has 1 heteroatoms. The molecule has 1 aliphatic heterocycles. The van der Waals surface area contributed by atoms with Crippen LogP contribution in [0.1, 0.15) is 24.8 Å². The van der Waals surface area contributed by atoms with Gasteiger partial charge in [0.15, 0.2) is 0 Å². The summed E-state index contributed by atoms with van der Waals surface area (Å²) in [6, 6.07) is 10.2. The summed E-state index contributed by atoms with van der Waals surface area (Å²) < 4.78 is 0.996. The van der Waals surface area contributed by atoms with Gasteiger partial charge in [0.05, 0.1) is 13.1 Å². The van der Waals surface area contributed by atoms with E-state index in [0.717, 1.165) is 23.1 Å². The second kappa shape index (κ2) is 6.29. The zero-order valence-electron chi connectivity index (χ0n) is 10.9. The normalized spacial score (nSPS) is 17.3. The molecule has 0 N–H and O–H groups in total. The number of benzene rings is 1. The van der Waals surface area contributed by atoms with Crippen LogP contribution in [-0.2, 0) is 0 Å². The van der Waals surface area contributed by atoms with Gasteiger partial charge >= 0.3 is 0 Å². The Morgan fingerprint density at radius 3 is 2.39 bits per heavy atom. The first-order chi connectivity index (χ1) is 8.85. The summed E-state index contributed by atoms with van der Waals surface area (Å²) in [4.78, 5) is 0. The second-order valence-electron chi connectivity index (χ2n) is 5.04. The minimum atomic E-state index is 0.823. The lowest BCUT2D eigenvalue weighted by molar-refractivity contribution is -0.919. The number of terminal acetylenes is 1. The van der Waals surface area contributed by atoms with Crippen LogP contribution in [0.25, 0.3) is 0 Å². The van der Waals surface area contributed by atoms with Crippen LogP contribution in [0.2, 0.25) is 0 Å². The molecule has 1 saturated heterocycles. The smallest absolute Gasteiger partial charge is 0.142 e. The molecule has 1 aliphatic rings. The molecular weight excluding hydrogens is 218 g/mol. The summed E-state index contributed by atoms with van der Waals surface area (Å²) in [5.74, 6) is 9.40. The van der Waals surface area contributed by atoms with Crippen molar-refractivity contribution in [3.05, 3.63) is 35.9 Å². The highest BCUT2D eigenvalue weighted by atomic mass is 15.3. The predicted molar refractivity (Wildman–Crippen MR) is 75.7 cm³/mol. The van der Waals surface area contributed by atoms with E-state index in [0.29, 0.717) is 0 Å². The molecule has 0 radical (unpaired) electrons. The Labute approximate surface area is 110 Å². The fourth-order valence-electron chi connectivity index (χ4n) is 2.58. The maximum atomic E-state index is 5.51. The van der Waals surface area contributed by atoms with Crippen molar-refractivity contribution in [1.82, 2.24) is 0 Å². The highest BCUT2D eigenvalue weighted by molar-refractivity contribution is 5.33. The van der Waals surface area contributed by atoms with Gasteiger partial charge in [-0.2, -0.15) is 0 Å². The van der Waals surface area contributed by atoms with Crippen LogP contribution >= 0.6 is 0 Å². The lowest BCUT2D eigenvalue weighted by Gasteiger charge is -2.38. The Morgan fingerprint density at radius 2 is 1.72 bits per heavy atom. The highest BCUT2D eigenvalue weighted by Crippen LogP contribution is 2.17. The van der Waals surface area contributed by atoms with E-state index < -0.39 is 0 Å². The molecular formula is C17H20N+. The van der Waals surface area contributed by atoms with Gasteiger partial charge in [-0.1, -0.05) is 24.1 Å². The SMILES string of the molecule is C#CC[N+]1(CC#Cc2ccccc2)CCCCC1. The van der Waals surface area contributed by atoms with E-state index in [1.807, 2.05) is 18.2 Å². The third-order valence-electron chi connectivity index (χ3n) is 3.61. The van der Waals surface area contributed by atoms with Gasteiger partial charge in [0.2, 0.25) is 0 Å². The van der Waals surface area contributed by atoms with Gasteiger partial charge in [-0.25, -0.2) is 0 Å². The first-order valence-electron chi connectivity index (χ1n) is 6.67. The molecule has 0 bridgehead atoms. The van der Waals surface area contributed by atoms with Crippen LogP contribution in [0, 0.1) is 24.2 Å². The van der Waals surface area contributed by atoms with Crippen LogP contribution in [-0.4, -0.2) is 30.7 Å². The van der Waals surface area contributed by atoms with Crippen LogP contribution in [0.15, 0.2) is 30.3 Å². The Balaban J connectivity index is 2.02. The number of hydrogen-bond donors (Lipinski definition) is 0. The van der Waals surface area contributed by atoms with Crippen molar-refractivity contribution in [2.75, 3.05) is 26.2 Å². The first-order valence-corrected chi connectivity index (χ1v) is 6.67. The average Bonchev–Trinajstić information content (AvgIpc) is 2.41. The summed E-state index contributed by atoms with van der Waals surface area (Å²) in [5.41, 5.74) is 1.09. The van der Waals surface area contributed by atoms with Crippen molar-refractivity contribution in [3.8, 4) is 24.2 Å². The molecule has 2 rings (SSSR count). The molecule has 0 atom stereocenters. The van der Waals surface area contributed by atoms with Gasteiger partial charge in [0, 0.05) is 5.56 Å². The molecule has 0 aromatic heterocycles. The van der Waals surface area contributed by atoms with E-state index >= 15 is 0 Å². The maximum absolute atomic E-state index is 5.51. The molecule has 92 valence electrons. The maximum Gasteiger partial charge on any atom is 0.142 e. The summed E-state index contributed by atoms with van der Waals surface area (Å²) in [6.45, 7) is 4.09. The monoisotopic (exact) mass is 238 g/mol. The third-order valence-corrected chi connectivity index (χ3v) is 3.61. The van der Waals surface area contributed by atoms with Gasteiger partial charge in [-0.05, 0) is 43.2 Å². The van der Waals surface area contributed by atoms with E-state index in [4.69, 9.17) is 6.42 Å². The third kappa shape index (κ3) is 3.39. The van der Waals surface area contributed by atoms with Gasteiger partial charge in [0.1, 0.15) is 13.1 Å². The Hall–Kier alpha value is -1.70. The average molecular weight is 238 g/mol. The number of quaternary nitrogens is 1. The van der Waals surface area contributed by atoms with Crippen LogP contribution < -0.4 is 0 Å². The molecule has 0 spiro atoms. The minimum Gasteiger partial charge on any atom is -0.303 e. The Bertz CT molecular complexity index is 464. The van der Waals surface area contributed by atoms with Crippen molar-refractivity contribution >= 4 is 0 Å². The molecule has 1 heterocycles. The summed E-state index contributed by atoms with van der Waals surface area (Å²) in [7, 11) is 0. The Morgan fingerprint density at radius 1 is 1.00 bits per heavy atom. The van der Waals surface area contributed by atoms with Crippen molar-refractivity contribution in [1.29, 1.82) is 0 Å². The van der Waals surface area contributed by atoms with Gasteiger partial charge in [-0.3, -0.25) is 0 Å². The molecule has 1 nitrogen and oxygen atoms in total. The fraction of sp³-hybridized carbons (Fsp3) is 0.412. The van der Waals surface area contributed by atoms with Crippen molar-refractivity contribution in [2.45, 2.75) is 19.3 Å². The zero-order valence-corrected chi connectivity index (χ0v) is 10.9. The molecule has 0 amide bonds. The predicted octanol–water partition coefficient (Wildman–Crippen LogP) is 2.67. The number of likely N-dealkylation sites (tertiary alicyclic amines) is 1. The highest BCUT2D eigenvalue weighted by Gasteiger charge is 2.27. The molecule has 1 aromatic rings. The standard InChI is InChI=1S/C17H20N/c1-2-13-18(14-7-4-8-15-18)16-9-12-17-10-5-3-6-11-17/h1,3,5-6,10-11H,4,7-8,13-16H2/q+1. The lowest BCUT2D eigenvalue weighted by atomic mass is 10.1. The molecule has 18 heavy (non-hydrogen) atoms. The topological polar surface area (TPSA) is 0 Å². The van der Waals surface area contributed by atoms with Crippen molar-refractivity contribution in [2.24, 2.45) is 0 Å². The van der Waals surface area contributed by atoms with E-state index in [-0.39, 0.29) is 0 Å². The van der Waals surface area contributed by atoms with E-state index in [9.17, 15) is 0 Å². The summed E-state index contributed by atoms with van der Waals surface area (Å²) in [5, 5.41) is 0. The second-order valence-corrected chi connectivity index (χ2v) is 5.04. The molecule has 0 saturated carbocycles. The largest absolute Gasteiger partial charge is 0.303 e. The minimum absolute atomic E-state index is 0.823. The summed E-state index contributed by atoms with van der Waals surface area (Å²) in [6.07, 6.45) is 9.43. The van der Waals surface area contributed by atoms with Gasteiger partial charge in [-0.15, -0.1) is 6.42 Å². The number of piperidine rings is 1. The fourth-order valence-corrected chi connectivity index (χ4v) is 2.58. The van der Waals surface area contributed by atoms with E-state index in [2.05, 4.69) is 29.9 Å². The van der Waals surface area contributed by atoms with Crippen molar-refractivity contribution in [3.63, 3.8) is 0 Å². The van der Waals surface area contributed by atoms with Crippen LogP contribution in [0.3, 0.4) is 0 Å². The Kier molecular flexibility index (Phi) is 4.46. The summed E-state index contributed by atoms with van der Waals surface area (Å²) >= 11 is 0. The number of nitrogens with zero attached hydrogens (tertiary/aromatic N) is 1. The first kappa shape index (κ1) is 12.7. The number of hydrogen-bond acceptors (Lipinski definition) is 0. The van der Waals surface area contributed by atoms with Gasteiger partial charge in [0.25, 0.3) is 0 Å². The molecule has 1 aromatic carbocycles. The van der Waals surface area contributed by atoms with Crippen LogP contribution in [0.4, 0.5) is 0 Å². The van der Waals surface area contributed by atoms with Crippen LogP contribution in [0.5, 0.6) is 0 Å².